The Labute approximate surface area is 128 Å². The van der Waals surface area contributed by atoms with Gasteiger partial charge in [-0.05, 0) is 45.0 Å². The molecule has 0 aliphatic carbocycles. The van der Waals surface area contributed by atoms with Gasteiger partial charge in [0.05, 0.1) is 0 Å². The van der Waals surface area contributed by atoms with Gasteiger partial charge in [-0.2, -0.15) is 0 Å². The predicted octanol–water partition coefficient (Wildman–Crippen LogP) is 3.98. The zero-order valence-electron chi connectivity index (χ0n) is 13.8. The molecule has 4 heteroatoms. The number of carbonyl (C=O) groups is 1. The molecule has 0 atom stereocenters. The van der Waals surface area contributed by atoms with Crippen LogP contribution >= 0.6 is 0 Å². The average Bonchev–Trinajstić information content (AvgIpc) is 2.42. The molecule has 0 saturated heterocycles. The molecule has 0 heterocycles. The van der Waals surface area contributed by atoms with Crippen LogP contribution in [0, 0.1) is 0 Å². The van der Waals surface area contributed by atoms with E-state index in [1.807, 2.05) is 32.9 Å². The van der Waals surface area contributed by atoms with Gasteiger partial charge >= 0.3 is 6.16 Å². The summed E-state index contributed by atoms with van der Waals surface area (Å²) in [6.07, 6.45) is -0.630. The largest absolute Gasteiger partial charge is 0.509 e. The van der Waals surface area contributed by atoms with Crippen molar-refractivity contribution in [3.05, 3.63) is 35.4 Å². The number of hydrogen-bond acceptors (Lipinski definition) is 4. The van der Waals surface area contributed by atoms with Crippen molar-refractivity contribution in [1.29, 1.82) is 0 Å². The van der Waals surface area contributed by atoms with Crippen LogP contribution in [0.15, 0.2) is 24.3 Å². The number of nitrogens with zero attached hydrogens (tertiary/aromatic N) is 1. The van der Waals surface area contributed by atoms with Gasteiger partial charge in [0.1, 0.15) is 12.2 Å². The van der Waals surface area contributed by atoms with Crippen LogP contribution in [-0.4, -0.2) is 29.7 Å². The molecule has 0 fully saturated rings. The van der Waals surface area contributed by atoms with E-state index in [1.54, 1.807) is 0 Å². The first-order valence-electron chi connectivity index (χ1n) is 7.50. The van der Waals surface area contributed by atoms with Crippen molar-refractivity contribution >= 4 is 6.16 Å². The van der Waals surface area contributed by atoms with E-state index in [-0.39, 0.29) is 6.61 Å². The molecule has 0 spiro atoms. The van der Waals surface area contributed by atoms with E-state index < -0.39 is 11.8 Å². The summed E-state index contributed by atoms with van der Waals surface area (Å²) < 4.78 is 10.2. The minimum atomic E-state index is -0.630. The van der Waals surface area contributed by atoms with Crippen LogP contribution in [0.1, 0.15) is 45.7 Å². The molecule has 1 rings (SSSR count). The molecule has 0 bridgehead atoms. The van der Waals surface area contributed by atoms with Crippen LogP contribution < -0.4 is 0 Å². The Morgan fingerprint density at radius 3 is 2.05 bits per heavy atom. The third-order valence-corrected chi connectivity index (χ3v) is 3.07. The minimum Gasteiger partial charge on any atom is -0.429 e. The second-order valence-corrected chi connectivity index (χ2v) is 6.03. The van der Waals surface area contributed by atoms with Crippen molar-refractivity contribution in [3.63, 3.8) is 0 Å². The molecule has 1 aromatic rings. The van der Waals surface area contributed by atoms with E-state index in [4.69, 9.17) is 9.47 Å². The van der Waals surface area contributed by atoms with Gasteiger partial charge in [-0.25, -0.2) is 4.79 Å². The lowest BCUT2D eigenvalue weighted by molar-refractivity contribution is -0.0108. The molecule has 0 unspecified atom stereocenters. The first-order chi connectivity index (χ1) is 9.84. The van der Waals surface area contributed by atoms with E-state index in [2.05, 4.69) is 30.9 Å². The summed E-state index contributed by atoms with van der Waals surface area (Å²) in [4.78, 5) is 13.8. The molecular formula is C17H27NO3. The summed E-state index contributed by atoms with van der Waals surface area (Å²) in [5.41, 5.74) is 1.70. The second kappa shape index (κ2) is 8.03. The number of rotatable bonds is 6. The Morgan fingerprint density at radius 1 is 1.05 bits per heavy atom. The maximum atomic E-state index is 11.5. The summed E-state index contributed by atoms with van der Waals surface area (Å²) in [7, 11) is 0. The van der Waals surface area contributed by atoms with Crippen LogP contribution in [0.4, 0.5) is 4.79 Å². The van der Waals surface area contributed by atoms with Crippen LogP contribution in [0.5, 0.6) is 0 Å². The van der Waals surface area contributed by atoms with Crippen molar-refractivity contribution in [2.75, 3.05) is 13.1 Å². The van der Waals surface area contributed by atoms with E-state index >= 15 is 0 Å². The Balaban J connectivity index is 2.46. The molecule has 4 nitrogen and oxygen atoms in total. The highest BCUT2D eigenvalue weighted by Gasteiger charge is 2.17. The number of carbonyl (C=O) groups excluding carboxylic acids is 1. The molecule has 21 heavy (non-hydrogen) atoms. The number of ether oxygens (including phenoxy) is 2. The maximum Gasteiger partial charge on any atom is 0.509 e. The van der Waals surface area contributed by atoms with E-state index in [9.17, 15) is 4.79 Å². The Bertz CT molecular complexity index is 430. The minimum absolute atomic E-state index is 0.237. The Hall–Kier alpha value is -1.55. The fraction of sp³-hybridized carbons (Fsp3) is 0.588. The van der Waals surface area contributed by atoms with Crippen molar-refractivity contribution in [2.45, 2.75) is 53.4 Å². The highest BCUT2D eigenvalue weighted by Crippen LogP contribution is 2.11. The third-order valence-electron chi connectivity index (χ3n) is 3.07. The first-order valence-corrected chi connectivity index (χ1v) is 7.50. The predicted molar refractivity (Wildman–Crippen MR) is 84.1 cm³/mol. The van der Waals surface area contributed by atoms with Crippen molar-refractivity contribution in [1.82, 2.24) is 4.90 Å². The molecule has 0 amide bonds. The van der Waals surface area contributed by atoms with E-state index in [0.717, 1.165) is 25.2 Å². The van der Waals surface area contributed by atoms with Gasteiger partial charge in [0.15, 0.2) is 0 Å². The van der Waals surface area contributed by atoms with Gasteiger partial charge in [-0.15, -0.1) is 0 Å². The molecule has 0 N–H and O–H groups in total. The van der Waals surface area contributed by atoms with Crippen LogP contribution in [0.25, 0.3) is 0 Å². The van der Waals surface area contributed by atoms with Gasteiger partial charge in [0.2, 0.25) is 0 Å². The summed E-state index contributed by atoms with van der Waals surface area (Å²) in [5, 5.41) is 0. The maximum absolute atomic E-state index is 11.5. The topological polar surface area (TPSA) is 38.8 Å². The van der Waals surface area contributed by atoms with Crippen molar-refractivity contribution < 1.29 is 14.3 Å². The molecule has 118 valence electrons. The number of hydrogen-bond donors (Lipinski definition) is 0. The molecular weight excluding hydrogens is 266 g/mol. The van der Waals surface area contributed by atoms with E-state index in [1.165, 1.54) is 5.56 Å². The van der Waals surface area contributed by atoms with Crippen molar-refractivity contribution in [2.24, 2.45) is 0 Å². The first kappa shape index (κ1) is 17.5. The lowest BCUT2D eigenvalue weighted by Gasteiger charge is -2.19. The summed E-state index contributed by atoms with van der Waals surface area (Å²) in [5.74, 6) is 0. The average molecular weight is 293 g/mol. The van der Waals surface area contributed by atoms with Crippen molar-refractivity contribution in [3.8, 4) is 0 Å². The van der Waals surface area contributed by atoms with Crippen LogP contribution in [0.2, 0.25) is 0 Å². The molecule has 0 aliphatic rings. The second-order valence-electron chi connectivity index (χ2n) is 6.03. The quantitative estimate of drug-likeness (QED) is 0.744. The monoisotopic (exact) mass is 293 g/mol. The molecule has 1 aromatic carbocycles. The molecule has 0 radical (unpaired) electrons. The van der Waals surface area contributed by atoms with Crippen LogP contribution in [0.3, 0.4) is 0 Å². The fourth-order valence-corrected chi connectivity index (χ4v) is 1.87. The van der Waals surface area contributed by atoms with Crippen LogP contribution in [-0.2, 0) is 22.6 Å². The zero-order chi connectivity index (χ0) is 15.9. The normalized spacial score (nSPS) is 11.5. The fourth-order valence-electron chi connectivity index (χ4n) is 1.87. The van der Waals surface area contributed by atoms with Gasteiger partial charge in [-0.1, -0.05) is 38.1 Å². The summed E-state index contributed by atoms with van der Waals surface area (Å²) in [6, 6.07) is 8.13. The smallest absolute Gasteiger partial charge is 0.429 e. The molecule has 0 aromatic heterocycles. The highest BCUT2D eigenvalue weighted by atomic mass is 16.7. The SMILES string of the molecule is CCN(CC)Cc1ccc(COC(=O)OC(C)(C)C)cc1. The lowest BCUT2D eigenvalue weighted by Crippen LogP contribution is -2.24. The van der Waals surface area contributed by atoms with Gasteiger partial charge in [0, 0.05) is 6.54 Å². The lowest BCUT2D eigenvalue weighted by atomic mass is 10.1. The van der Waals surface area contributed by atoms with Gasteiger partial charge < -0.3 is 9.47 Å². The van der Waals surface area contributed by atoms with E-state index in [0.29, 0.717) is 0 Å². The molecule has 0 aliphatic heterocycles. The summed E-state index contributed by atoms with van der Waals surface area (Å²) >= 11 is 0. The molecule has 0 saturated carbocycles. The summed E-state index contributed by atoms with van der Waals surface area (Å²) in [6.45, 7) is 13.0. The number of benzene rings is 1. The Kier molecular flexibility index (Phi) is 6.69. The highest BCUT2D eigenvalue weighted by molar-refractivity contribution is 5.60. The van der Waals surface area contributed by atoms with Gasteiger partial charge in [-0.3, -0.25) is 4.90 Å². The Morgan fingerprint density at radius 2 is 1.57 bits per heavy atom. The zero-order valence-corrected chi connectivity index (χ0v) is 13.8. The third kappa shape index (κ3) is 7.14. The standard InChI is InChI=1S/C17H27NO3/c1-6-18(7-2)12-14-8-10-15(11-9-14)13-20-16(19)21-17(3,4)5/h8-11H,6-7,12-13H2,1-5H3. The van der Waals surface area contributed by atoms with Gasteiger partial charge in [0.25, 0.3) is 0 Å².